The lowest BCUT2D eigenvalue weighted by Gasteiger charge is -2.40. The molecule has 1 spiro atoms. The van der Waals surface area contributed by atoms with Gasteiger partial charge in [0.2, 0.25) is 0 Å². The van der Waals surface area contributed by atoms with E-state index in [1.807, 2.05) is 12.1 Å². The van der Waals surface area contributed by atoms with Gasteiger partial charge in [-0.3, -0.25) is 0 Å². The van der Waals surface area contributed by atoms with Crippen LogP contribution in [0.4, 0.5) is 17.1 Å². The maximum atomic E-state index is 7.24. The summed E-state index contributed by atoms with van der Waals surface area (Å²) >= 11 is 0. The van der Waals surface area contributed by atoms with Gasteiger partial charge in [-0.25, -0.2) is 0 Å². The Kier molecular flexibility index (Phi) is 6.93. The highest BCUT2D eigenvalue weighted by atomic mass is 16.5. The van der Waals surface area contributed by atoms with Gasteiger partial charge in [-0.05, 0) is 81.1 Å². The van der Waals surface area contributed by atoms with Crippen molar-refractivity contribution < 1.29 is 9.15 Å². The second-order valence-electron chi connectivity index (χ2n) is 16.0. The summed E-state index contributed by atoms with van der Waals surface area (Å²) in [6, 6.07) is 76.8. The Balaban J connectivity index is 1.14. The molecule has 0 bridgehead atoms. The lowest BCUT2D eigenvalue weighted by molar-refractivity contribution is 0.447. The number of benzene rings is 10. The van der Waals surface area contributed by atoms with Crippen molar-refractivity contribution in [1.29, 1.82) is 0 Å². The Hall–Kier alpha value is -7.88. The molecule has 0 radical (unpaired) electrons. The molecule has 11 aromatic rings. The van der Waals surface area contributed by atoms with E-state index >= 15 is 0 Å². The van der Waals surface area contributed by atoms with Gasteiger partial charge in [-0.15, -0.1) is 0 Å². The summed E-state index contributed by atoms with van der Waals surface area (Å²) in [5.41, 5.74) is 13.8. The van der Waals surface area contributed by atoms with Gasteiger partial charge in [0.25, 0.3) is 0 Å². The van der Waals surface area contributed by atoms with Crippen molar-refractivity contribution in [1.82, 2.24) is 0 Å². The fourth-order valence-electron chi connectivity index (χ4n) is 10.4. The van der Waals surface area contributed by atoms with Crippen LogP contribution in [0.2, 0.25) is 0 Å². The number of hydrogen-bond acceptors (Lipinski definition) is 3. The van der Waals surface area contributed by atoms with Crippen molar-refractivity contribution in [3.8, 4) is 33.8 Å². The zero-order valence-corrected chi connectivity index (χ0v) is 32.5. The molecule has 1 aliphatic carbocycles. The zero-order chi connectivity index (χ0) is 39.4. The molecular weight excluding hydrogens is 731 g/mol. The predicted molar refractivity (Wildman–Crippen MR) is 246 cm³/mol. The predicted octanol–water partition coefficient (Wildman–Crippen LogP) is 15.5. The van der Waals surface area contributed by atoms with Crippen LogP contribution in [0.25, 0.3) is 65.7 Å². The van der Waals surface area contributed by atoms with Crippen LogP contribution in [0.15, 0.2) is 217 Å². The van der Waals surface area contributed by atoms with E-state index in [0.717, 1.165) is 88.7 Å². The summed E-state index contributed by atoms with van der Waals surface area (Å²) in [6.45, 7) is 0. The molecule has 0 amide bonds. The van der Waals surface area contributed by atoms with Crippen molar-refractivity contribution in [3.05, 3.63) is 235 Å². The van der Waals surface area contributed by atoms with Gasteiger partial charge in [-0.2, -0.15) is 0 Å². The number of rotatable bonds is 4. The molecule has 3 heteroatoms. The third kappa shape index (κ3) is 4.54. The van der Waals surface area contributed by atoms with E-state index in [9.17, 15) is 0 Å². The number of ether oxygens (including phenoxy) is 1. The van der Waals surface area contributed by atoms with E-state index in [2.05, 4.69) is 205 Å². The minimum Gasteiger partial charge on any atom is -0.456 e. The Morgan fingerprint density at radius 1 is 0.367 bits per heavy atom. The van der Waals surface area contributed by atoms with Gasteiger partial charge in [-0.1, -0.05) is 170 Å². The van der Waals surface area contributed by atoms with Crippen LogP contribution in [0.1, 0.15) is 22.3 Å². The fraction of sp³-hybridized carbons (Fsp3) is 0.0175. The molecule has 1 aliphatic heterocycles. The normalized spacial score (nSPS) is 13.3. The van der Waals surface area contributed by atoms with Crippen molar-refractivity contribution >= 4 is 60.5 Å². The van der Waals surface area contributed by atoms with Crippen molar-refractivity contribution in [3.63, 3.8) is 0 Å². The highest BCUT2D eigenvalue weighted by Crippen LogP contribution is 2.65. The van der Waals surface area contributed by atoms with Crippen LogP contribution < -0.4 is 9.64 Å². The summed E-state index contributed by atoms with van der Waals surface area (Å²) in [4.78, 5) is 2.45. The minimum atomic E-state index is -0.665. The van der Waals surface area contributed by atoms with E-state index in [4.69, 9.17) is 9.15 Å². The average Bonchev–Trinajstić information content (AvgIpc) is 3.83. The lowest BCUT2D eigenvalue weighted by Crippen LogP contribution is -2.32. The second kappa shape index (κ2) is 12.6. The highest BCUT2D eigenvalue weighted by molar-refractivity contribution is 6.08. The first-order chi connectivity index (χ1) is 29.8. The van der Waals surface area contributed by atoms with Gasteiger partial charge >= 0.3 is 0 Å². The van der Waals surface area contributed by atoms with Gasteiger partial charge in [0.15, 0.2) is 0 Å². The number of nitrogens with zero attached hydrogens (tertiary/aromatic N) is 1. The third-order valence-corrected chi connectivity index (χ3v) is 12.9. The lowest BCUT2D eigenvalue weighted by atomic mass is 9.65. The number of para-hydroxylation sites is 1. The molecule has 0 saturated carbocycles. The van der Waals surface area contributed by atoms with E-state index in [-0.39, 0.29) is 0 Å². The van der Waals surface area contributed by atoms with Crippen LogP contribution in [-0.4, -0.2) is 0 Å². The first-order valence-corrected chi connectivity index (χ1v) is 20.6. The molecule has 2 aliphatic rings. The summed E-state index contributed by atoms with van der Waals surface area (Å²) in [5.74, 6) is 1.82. The molecule has 60 heavy (non-hydrogen) atoms. The summed E-state index contributed by atoms with van der Waals surface area (Å²) in [7, 11) is 0. The van der Waals surface area contributed by atoms with Crippen molar-refractivity contribution in [2.24, 2.45) is 0 Å². The maximum Gasteiger partial charge on any atom is 0.140 e. The number of hydrogen-bond donors (Lipinski definition) is 0. The number of furan rings is 1. The molecule has 13 rings (SSSR count). The largest absolute Gasteiger partial charge is 0.456 e. The van der Waals surface area contributed by atoms with Gasteiger partial charge in [0, 0.05) is 49.6 Å². The summed E-state index contributed by atoms with van der Waals surface area (Å²) in [5, 5.41) is 6.71. The van der Waals surface area contributed by atoms with E-state index < -0.39 is 5.41 Å². The van der Waals surface area contributed by atoms with E-state index in [1.54, 1.807) is 0 Å². The topological polar surface area (TPSA) is 25.6 Å². The minimum absolute atomic E-state index is 0.665. The molecule has 3 nitrogen and oxygen atoms in total. The molecule has 0 saturated heterocycles. The molecular formula is C57H35NO2. The zero-order valence-electron chi connectivity index (χ0n) is 32.5. The standard InChI is InChI=1S/C57H35NO2/c1-2-14-36(15-3-1)39-18-12-19-40(34-39)58(41-30-33-53-46(35-41)44-22-9-11-27-52(44)59-53)51-26-13-25-48-54(51)45-23-8-10-24-47(45)57(48)49-31-28-37-16-4-6-20-42(37)55(49)60-56-43-21-7-5-17-38(43)29-32-50(56)57/h1-35H. The maximum absolute atomic E-state index is 7.24. The molecule has 10 aromatic carbocycles. The van der Waals surface area contributed by atoms with Gasteiger partial charge < -0.3 is 14.1 Å². The number of fused-ring (bicyclic) bond motifs is 16. The summed E-state index contributed by atoms with van der Waals surface area (Å²) in [6.07, 6.45) is 0. The Morgan fingerprint density at radius 2 is 0.967 bits per heavy atom. The van der Waals surface area contributed by atoms with Gasteiger partial charge in [0.05, 0.1) is 11.1 Å². The third-order valence-electron chi connectivity index (χ3n) is 12.9. The Labute approximate surface area is 347 Å². The SMILES string of the molecule is c1ccc(-c2cccc(N(c3ccc4oc5ccccc5c4c3)c3cccc4c3-c3ccccc3C43c4ccc5ccccc5c4Oc4c3ccc3ccccc43)c2)cc1. The van der Waals surface area contributed by atoms with Crippen molar-refractivity contribution in [2.45, 2.75) is 5.41 Å². The molecule has 280 valence electrons. The van der Waals surface area contributed by atoms with Gasteiger partial charge in [0.1, 0.15) is 22.7 Å². The van der Waals surface area contributed by atoms with Crippen LogP contribution in [-0.2, 0) is 5.41 Å². The van der Waals surface area contributed by atoms with Crippen LogP contribution in [0.3, 0.4) is 0 Å². The van der Waals surface area contributed by atoms with Crippen molar-refractivity contribution in [2.75, 3.05) is 4.90 Å². The second-order valence-corrected chi connectivity index (χ2v) is 16.0. The first-order valence-electron chi connectivity index (χ1n) is 20.6. The fourth-order valence-corrected chi connectivity index (χ4v) is 10.4. The molecule has 0 atom stereocenters. The summed E-state index contributed by atoms with van der Waals surface area (Å²) < 4.78 is 13.6. The number of anilines is 3. The monoisotopic (exact) mass is 765 g/mol. The molecule has 0 unspecified atom stereocenters. The first kappa shape index (κ1) is 33.1. The molecule has 0 fully saturated rings. The Morgan fingerprint density at radius 3 is 1.75 bits per heavy atom. The van der Waals surface area contributed by atoms with Crippen LogP contribution in [0.5, 0.6) is 11.5 Å². The van der Waals surface area contributed by atoms with E-state index in [0.29, 0.717) is 0 Å². The average molecular weight is 766 g/mol. The molecule has 2 heterocycles. The van der Waals surface area contributed by atoms with Crippen LogP contribution in [0, 0.1) is 0 Å². The molecule has 1 aromatic heterocycles. The van der Waals surface area contributed by atoms with E-state index in [1.165, 1.54) is 27.8 Å². The van der Waals surface area contributed by atoms with Crippen LogP contribution >= 0.6 is 0 Å². The highest BCUT2D eigenvalue weighted by Gasteiger charge is 2.52. The smallest absolute Gasteiger partial charge is 0.140 e. The Bertz CT molecular complexity index is 3460. The quantitative estimate of drug-likeness (QED) is 0.178. The molecule has 0 N–H and O–H groups in total.